The van der Waals surface area contributed by atoms with Crippen molar-refractivity contribution >= 4 is 5.91 Å². The van der Waals surface area contributed by atoms with E-state index in [1.165, 1.54) is 0 Å². The summed E-state index contributed by atoms with van der Waals surface area (Å²) in [7, 11) is 1.60. The number of fused-ring (bicyclic) bond motifs is 1. The lowest BCUT2D eigenvalue weighted by Crippen LogP contribution is -2.44. The van der Waals surface area contributed by atoms with Crippen molar-refractivity contribution in [1.82, 2.24) is 10.6 Å². The fourth-order valence-electron chi connectivity index (χ4n) is 3.76. The number of nitrogens with one attached hydrogen (secondary N) is 2. The fraction of sp³-hybridized carbons (Fsp3) is 0.941. The van der Waals surface area contributed by atoms with E-state index in [2.05, 4.69) is 10.6 Å². The molecular formula is C17H30N2O6. The van der Waals surface area contributed by atoms with Crippen LogP contribution in [0.1, 0.15) is 25.7 Å². The zero-order valence-corrected chi connectivity index (χ0v) is 14.8. The number of carbonyl (C=O) groups is 1. The first-order valence-corrected chi connectivity index (χ1v) is 9.23. The van der Waals surface area contributed by atoms with Crippen LogP contribution in [0, 0.1) is 0 Å². The summed E-state index contributed by atoms with van der Waals surface area (Å²) in [6.07, 6.45) is 1.35. The van der Waals surface area contributed by atoms with Gasteiger partial charge in [0.1, 0.15) is 12.2 Å². The summed E-state index contributed by atoms with van der Waals surface area (Å²) in [6, 6.07) is 0.425. The smallest absolute Gasteiger partial charge is 0.222 e. The van der Waals surface area contributed by atoms with E-state index in [0.717, 1.165) is 26.1 Å². The summed E-state index contributed by atoms with van der Waals surface area (Å²) in [4.78, 5) is 11.8. The first kappa shape index (κ1) is 19.0. The Labute approximate surface area is 148 Å². The predicted octanol–water partition coefficient (Wildman–Crippen LogP) is -0.806. The van der Waals surface area contributed by atoms with Gasteiger partial charge in [0.15, 0.2) is 0 Å². The molecule has 0 aromatic rings. The Morgan fingerprint density at radius 2 is 2.08 bits per heavy atom. The maximum absolute atomic E-state index is 11.8. The third kappa shape index (κ3) is 5.12. The number of ether oxygens (including phenoxy) is 4. The zero-order valence-electron chi connectivity index (χ0n) is 14.8. The van der Waals surface area contributed by atoms with Crippen LogP contribution in [-0.2, 0) is 23.7 Å². The molecule has 8 nitrogen and oxygen atoms in total. The van der Waals surface area contributed by atoms with Gasteiger partial charge in [-0.05, 0) is 12.8 Å². The number of aliphatic hydroxyl groups is 1. The second kappa shape index (κ2) is 9.25. The van der Waals surface area contributed by atoms with Gasteiger partial charge < -0.3 is 34.7 Å². The zero-order chi connectivity index (χ0) is 17.6. The highest BCUT2D eigenvalue weighted by molar-refractivity contribution is 5.76. The van der Waals surface area contributed by atoms with Crippen LogP contribution in [0.2, 0.25) is 0 Å². The van der Waals surface area contributed by atoms with Crippen LogP contribution in [-0.4, -0.2) is 87.6 Å². The molecule has 3 rings (SSSR count). The topological polar surface area (TPSA) is 98.3 Å². The van der Waals surface area contributed by atoms with Crippen molar-refractivity contribution in [2.45, 2.75) is 62.2 Å². The van der Waals surface area contributed by atoms with Crippen molar-refractivity contribution in [3.8, 4) is 0 Å². The van der Waals surface area contributed by atoms with Crippen LogP contribution in [0.15, 0.2) is 0 Å². The lowest BCUT2D eigenvalue weighted by molar-refractivity contribution is -0.125. The molecule has 3 fully saturated rings. The minimum absolute atomic E-state index is 0.0609. The standard InChI is InChI=1S/C17H30N2O6/c1-22-7-4-18-15(20)9-12-8-13-17(24-12)16(21)14(25-13)10-19-11-2-5-23-6-3-11/h11-14,16-17,19,21H,2-10H2,1H3,(H,18,20)/t12-,13+,14+,16+,17-/m0/s1. The predicted molar refractivity (Wildman–Crippen MR) is 89.3 cm³/mol. The number of hydrogen-bond donors (Lipinski definition) is 3. The second-order valence-corrected chi connectivity index (χ2v) is 7.00. The molecule has 5 atom stereocenters. The van der Waals surface area contributed by atoms with Crippen molar-refractivity contribution in [1.29, 1.82) is 0 Å². The summed E-state index contributed by atoms with van der Waals surface area (Å²) in [5.41, 5.74) is 0. The molecule has 8 heteroatoms. The van der Waals surface area contributed by atoms with Gasteiger partial charge in [0.25, 0.3) is 0 Å². The summed E-state index contributed by atoms with van der Waals surface area (Å²) >= 11 is 0. The van der Waals surface area contributed by atoms with Crippen molar-refractivity contribution in [2.24, 2.45) is 0 Å². The monoisotopic (exact) mass is 358 g/mol. The summed E-state index contributed by atoms with van der Waals surface area (Å²) in [5.74, 6) is -0.0609. The van der Waals surface area contributed by atoms with Gasteiger partial charge in [0, 0.05) is 45.9 Å². The van der Waals surface area contributed by atoms with E-state index >= 15 is 0 Å². The molecule has 0 bridgehead atoms. The average molecular weight is 358 g/mol. The van der Waals surface area contributed by atoms with Gasteiger partial charge in [0.05, 0.1) is 31.3 Å². The highest BCUT2D eigenvalue weighted by Gasteiger charge is 2.50. The number of methoxy groups -OCH3 is 1. The SMILES string of the molecule is COCCNC(=O)C[C@@H]1C[C@H]2O[C@H](CNC3CCOCC3)[C@@H](O)[C@H]2O1. The number of hydrogen-bond acceptors (Lipinski definition) is 7. The third-order valence-electron chi connectivity index (χ3n) is 5.15. The van der Waals surface area contributed by atoms with E-state index in [1.54, 1.807) is 7.11 Å². The van der Waals surface area contributed by atoms with Gasteiger partial charge in [-0.1, -0.05) is 0 Å². The van der Waals surface area contributed by atoms with Gasteiger partial charge in [-0.15, -0.1) is 0 Å². The van der Waals surface area contributed by atoms with Gasteiger partial charge in [-0.2, -0.15) is 0 Å². The maximum atomic E-state index is 11.8. The van der Waals surface area contributed by atoms with Crippen molar-refractivity contribution < 1.29 is 28.8 Å². The van der Waals surface area contributed by atoms with E-state index in [-0.39, 0.29) is 36.7 Å². The van der Waals surface area contributed by atoms with E-state index < -0.39 is 6.10 Å². The lowest BCUT2D eigenvalue weighted by Gasteiger charge is -2.26. The molecule has 3 saturated heterocycles. The molecule has 0 saturated carbocycles. The minimum Gasteiger partial charge on any atom is -0.388 e. The average Bonchev–Trinajstić information content (AvgIpc) is 3.13. The van der Waals surface area contributed by atoms with E-state index in [1.807, 2.05) is 0 Å². The molecule has 3 heterocycles. The molecule has 3 N–H and O–H groups in total. The molecule has 1 amide bonds. The first-order valence-electron chi connectivity index (χ1n) is 9.23. The normalized spacial score (nSPS) is 35.7. The van der Waals surface area contributed by atoms with E-state index in [4.69, 9.17) is 18.9 Å². The van der Waals surface area contributed by atoms with E-state index in [9.17, 15) is 9.90 Å². The summed E-state index contributed by atoms with van der Waals surface area (Å²) < 4.78 is 22.1. The molecule has 0 aromatic carbocycles. The van der Waals surface area contributed by atoms with Crippen LogP contribution in [0.3, 0.4) is 0 Å². The number of carbonyl (C=O) groups excluding carboxylic acids is 1. The Morgan fingerprint density at radius 3 is 2.80 bits per heavy atom. The lowest BCUT2D eigenvalue weighted by atomic mass is 10.1. The molecule has 25 heavy (non-hydrogen) atoms. The van der Waals surface area contributed by atoms with Gasteiger partial charge >= 0.3 is 0 Å². The molecule has 0 aromatic heterocycles. The number of aliphatic hydroxyl groups excluding tert-OH is 1. The van der Waals surface area contributed by atoms with Crippen LogP contribution < -0.4 is 10.6 Å². The molecule has 0 unspecified atom stereocenters. The highest BCUT2D eigenvalue weighted by Crippen LogP contribution is 2.35. The van der Waals surface area contributed by atoms with Crippen molar-refractivity contribution in [3.05, 3.63) is 0 Å². The van der Waals surface area contributed by atoms with Crippen molar-refractivity contribution in [3.63, 3.8) is 0 Å². The second-order valence-electron chi connectivity index (χ2n) is 7.00. The van der Waals surface area contributed by atoms with Crippen LogP contribution >= 0.6 is 0 Å². The molecule has 144 valence electrons. The Hall–Kier alpha value is -0.770. The van der Waals surface area contributed by atoms with Crippen molar-refractivity contribution in [2.75, 3.05) is 40.0 Å². The molecule has 0 radical (unpaired) electrons. The Kier molecular flexibility index (Phi) is 7.03. The van der Waals surface area contributed by atoms with Crippen LogP contribution in [0.4, 0.5) is 0 Å². The number of rotatable bonds is 8. The Bertz CT molecular complexity index is 431. The molecule has 0 spiro atoms. The summed E-state index contributed by atoms with van der Waals surface area (Å²) in [6.45, 7) is 3.17. The Balaban J connectivity index is 1.37. The Morgan fingerprint density at radius 1 is 1.28 bits per heavy atom. The van der Waals surface area contributed by atoms with Crippen LogP contribution in [0.25, 0.3) is 0 Å². The molecular weight excluding hydrogens is 328 g/mol. The third-order valence-corrected chi connectivity index (χ3v) is 5.15. The van der Waals surface area contributed by atoms with Gasteiger partial charge in [-0.25, -0.2) is 0 Å². The van der Waals surface area contributed by atoms with E-state index in [0.29, 0.717) is 32.2 Å². The molecule has 3 aliphatic heterocycles. The quantitative estimate of drug-likeness (QED) is 0.488. The molecule has 0 aliphatic carbocycles. The van der Waals surface area contributed by atoms with Gasteiger partial charge in [0.2, 0.25) is 5.91 Å². The highest BCUT2D eigenvalue weighted by atomic mass is 16.6. The number of amides is 1. The summed E-state index contributed by atoms with van der Waals surface area (Å²) in [5, 5.41) is 16.7. The largest absolute Gasteiger partial charge is 0.388 e. The fourth-order valence-corrected chi connectivity index (χ4v) is 3.76. The minimum atomic E-state index is -0.654. The molecule has 3 aliphatic rings. The first-order chi connectivity index (χ1) is 12.2. The van der Waals surface area contributed by atoms with Gasteiger partial charge in [-0.3, -0.25) is 4.79 Å². The maximum Gasteiger partial charge on any atom is 0.222 e. The van der Waals surface area contributed by atoms with Crippen LogP contribution in [0.5, 0.6) is 0 Å².